The monoisotopic (exact) mass is 269 g/mol. The lowest BCUT2D eigenvalue weighted by Gasteiger charge is -2.01. The second kappa shape index (κ2) is 5.02. The Morgan fingerprint density at radius 1 is 0.714 bits per heavy atom. The van der Waals surface area contributed by atoms with Gasteiger partial charge in [0.2, 0.25) is 0 Å². The molecule has 1 aliphatic carbocycles. The molecule has 3 aromatic rings. The van der Waals surface area contributed by atoms with Crippen LogP contribution in [-0.2, 0) is 6.42 Å². The molecule has 0 spiro atoms. The molecule has 0 unspecified atom stereocenters. The van der Waals surface area contributed by atoms with Gasteiger partial charge < -0.3 is 0 Å². The molecule has 0 saturated heterocycles. The lowest BCUT2D eigenvalue weighted by Crippen LogP contribution is -1.81. The number of fused-ring (bicyclic) bond motifs is 3. The first-order chi connectivity index (χ1) is 10.4. The van der Waals surface area contributed by atoms with E-state index in [0.29, 0.717) is 0 Å². The van der Waals surface area contributed by atoms with Crippen molar-refractivity contribution >= 4 is 11.9 Å². The number of rotatable bonds is 2. The first kappa shape index (κ1) is 12.1. The zero-order valence-electron chi connectivity index (χ0n) is 11.7. The van der Waals surface area contributed by atoms with Gasteiger partial charge in [-0.2, -0.15) is 0 Å². The zero-order chi connectivity index (χ0) is 14.1. The van der Waals surface area contributed by atoms with E-state index in [1.807, 2.05) is 24.4 Å². The van der Waals surface area contributed by atoms with Gasteiger partial charge in [0.25, 0.3) is 0 Å². The molecule has 4 rings (SSSR count). The van der Waals surface area contributed by atoms with Gasteiger partial charge in [-0.15, -0.1) is 0 Å². The van der Waals surface area contributed by atoms with Crippen molar-refractivity contribution in [1.82, 2.24) is 0 Å². The van der Waals surface area contributed by atoms with Crippen LogP contribution < -0.4 is 0 Å². The van der Waals surface area contributed by atoms with E-state index >= 15 is 0 Å². The summed E-state index contributed by atoms with van der Waals surface area (Å²) < 4.78 is 0. The lowest BCUT2D eigenvalue weighted by atomic mass is 10.1. The molecule has 0 bridgehead atoms. The van der Waals surface area contributed by atoms with Gasteiger partial charge in [0.1, 0.15) is 0 Å². The van der Waals surface area contributed by atoms with Gasteiger partial charge in [-0.05, 0) is 46.4 Å². The maximum absolute atomic E-state index is 4.59. The third-order valence-electron chi connectivity index (χ3n) is 3.94. The molecule has 3 aromatic carbocycles. The average Bonchev–Trinajstić information content (AvgIpc) is 2.91. The minimum Gasteiger partial charge on any atom is -0.256 e. The highest BCUT2D eigenvalue weighted by atomic mass is 14.7. The molecule has 100 valence electrons. The van der Waals surface area contributed by atoms with Gasteiger partial charge in [-0.3, -0.25) is 4.99 Å². The smallest absolute Gasteiger partial charge is 0.0633 e. The van der Waals surface area contributed by atoms with Crippen LogP contribution in [0.25, 0.3) is 11.1 Å². The number of aliphatic imine (C=N–C) groups is 1. The third-order valence-corrected chi connectivity index (χ3v) is 3.94. The molecule has 0 atom stereocenters. The molecule has 0 heterocycles. The SMILES string of the molecule is C(=Nc1ccc2c(c1)Cc1ccccc1-2)c1ccccc1. The van der Waals surface area contributed by atoms with Crippen LogP contribution in [-0.4, -0.2) is 6.21 Å². The highest BCUT2D eigenvalue weighted by molar-refractivity contribution is 5.83. The van der Waals surface area contributed by atoms with Crippen molar-refractivity contribution in [2.45, 2.75) is 6.42 Å². The Labute approximate surface area is 124 Å². The molecule has 0 amide bonds. The quantitative estimate of drug-likeness (QED) is 0.454. The van der Waals surface area contributed by atoms with E-state index in [1.54, 1.807) is 0 Å². The van der Waals surface area contributed by atoms with Gasteiger partial charge in [0, 0.05) is 6.21 Å². The van der Waals surface area contributed by atoms with E-state index in [1.165, 1.54) is 22.3 Å². The summed E-state index contributed by atoms with van der Waals surface area (Å²) in [7, 11) is 0. The molecule has 0 fully saturated rings. The maximum Gasteiger partial charge on any atom is 0.0633 e. The Hall–Kier alpha value is -2.67. The normalized spacial score (nSPS) is 12.4. The van der Waals surface area contributed by atoms with E-state index in [9.17, 15) is 0 Å². The summed E-state index contributed by atoms with van der Waals surface area (Å²) >= 11 is 0. The molecule has 1 nitrogen and oxygen atoms in total. The fraction of sp³-hybridized carbons (Fsp3) is 0.0500. The van der Waals surface area contributed by atoms with Crippen molar-refractivity contribution in [1.29, 1.82) is 0 Å². The molecule has 0 aromatic heterocycles. The van der Waals surface area contributed by atoms with Gasteiger partial charge >= 0.3 is 0 Å². The molecule has 0 N–H and O–H groups in total. The Morgan fingerprint density at radius 3 is 2.38 bits per heavy atom. The summed E-state index contributed by atoms with van der Waals surface area (Å²) in [6.07, 6.45) is 2.93. The van der Waals surface area contributed by atoms with Gasteiger partial charge in [-0.1, -0.05) is 60.7 Å². The minimum absolute atomic E-state index is 1.01. The van der Waals surface area contributed by atoms with E-state index in [4.69, 9.17) is 0 Å². The Bertz CT molecular complexity index is 816. The molecule has 0 aliphatic heterocycles. The topological polar surface area (TPSA) is 12.4 Å². The molecule has 0 radical (unpaired) electrons. The van der Waals surface area contributed by atoms with Crippen molar-refractivity contribution < 1.29 is 0 Å². The van der Waals surface area contributed by atoms with Gasteiger partial charge in [-0.25, -0.2) is 0 Å². The van der Waals surface area contributed by atoms with E-state index in [0.717, 1.165) is 17.7 Å². The largest absolute Gasteiger partial charge is 0.256 e. The number of nitrogens with zero attached hydrogens (tertiary/aromatic N) is 1. The van der Waals surface area contributed by atoms with Crippen LogP contribution in [0.2, 0.25) is 0 Å². The predicted molar refractivity (Wildman–Crippen MR) is 88.4 cm³/mol. The standard InChI is InChI=1S/C20H15N/c1-2-6-15(7-3-1)14-21-18-10-11-20-17(13-18)12-16-8-4-5-9-19(16)20/h1-11,13-14H,12H2. The predicted octanol–water partition coefficient (Wildman–Crippen LogP) is 5.01. The summed E-state index contributed by atoms with van der Waals surface area (Å²) in [5.41, 5.74) is 7.65. The number of hydrogen-bond donors (Lipinski definition) is 0. The molecule has 1 aliphatic rings. The van der Waals surface area contributed by atoms with Crippen molar-refractivity contribution in [3.63, 3.8) is 0 Å². The molecular weight excluding hydrogens is 254 g/mol. The summed E-state index contributed by atoms with van der Waals surface area (Å²) in [4.78, 5) is 4.59. The summed E-state index contributed by atoms with van der Waals surface area (Å²) in [6, 6.07) is 25.3. The second-order valence-electron chi connectivity index (χ2n) is 5.34. The van der Waals surface area contributed by atoms with Crippen LogP contribution >= 0.6 is 0 Å². The first-order valence-corrected chi connectivity index (χ1v) is 7.20. The van der Waals surface area contributed by atoms with Crippen molar-refractivity contribution in [2.75, 3.05) is 0 Å². The molecular formula is C20H15N. The van der Waals surface area contributed by atoms with Crippen molar-refractivity contribution in [2.24, 2.45) is 4.99 Å². The summed E-state index contributed by atoms with van der Waals surface area (Å²) in [6.45, 7) is 0. The zero-order valence-corrected chi connectivity index (χ0v) is 11.7. The van der Waals surface area contributed by atoms with Crippen LogP contribution in [0.4, 0.5) is 5.69 Å². The van der Waals surface area contributed by atoms with Gasteiger partial charge in [0.15, 0.2) is 0 Å². The lowest BCUT2D eigenvalue weighted by molar-refractivity contribution is 1.26. The van der Waals surface area contributed by atoms with E-state index in [-0.39, 0.29) is 0 Å². The minimum atomic E-state index is 1.01. The van der Waals surface area contributed by atoms with E-state index in [2.05, 4.69) is 59.6 Å². The highest BCUT2D eigenvalue weighted by Gasteiger charge is 2.17. The van der Waals surface area contributed by atoms with Crippen LogP contribution in [0.5, 0.6) is 0 Å². The average molecular weight is 269 g/mol. The fourth-order valence-corrected chi connectivity index (χ4v) is 2.90. The molecule has 0 saturated carbocycles. The number of hydrogen-bond acceptors (Lipinski definition) is 1. The number of benzene rings is 3. The van der Waals surface area contributed by atoms with Crippen LogP contribution in [0.1, 0.15) is 16.7 Å². The summed E-state index contributed by atoms with van der Waals surface area (Å²) in [5, 5.41) is 0. The highest BCUT2D eigenvalue weighted by Crippen LogP contribution is 2.37. The first-order valence-electron chi connectivity index (χ1n) is 7.20. The van der Waals surface area contributed by atoms with E-state index < -0.39 is 0 Å². The maximum atomic E-state index is 4.59. The summed E-state index contributed by atoms with van der Waals surface area (Å²) in [5.74, 6) is 0. The van der Waals surface area contributed by atoms with Crippen molar-refractivity contribution in [3.8, 4) is 11.1 Å². The van der Waals surface area contributed by atoms with Crippen LogP contribution in [0.15, 0.2) is 77.8 Å². The second-order valence-corrected chi connectivity index (χ2v) is 5.34. The Morgan fingerprint density at radius 2 is 1.48 bits per heavy atom. The van der Waals surface area contributed by atoms with Crippen LogP contribution in [0, 0.1) is 0 Å². The van der Waals surface area contributed by atoms with Crippen LogP contribution in [0.3, 0.4) is 0 Å². The van der Waals surface area contributed by atoms with Gasteiger partial charge in [0.05, 0.1) is 5.69 Å². The molecule has 1 heteroatoms. The fourth-order valence-electron chi connectivity index (χ4n) is 2.90. The molecule has 21 heavy (non-hydrogen) atoms. The van der Waals surface area contributed by atoms with Crippen molar-refractivity contribution in [3.05, 3.63) is 89.5 Å². The Balaban J connectivity index is 1.66. The Kier molecular flexibility index (Phi) is 2.89. The third kappa shape index (κ3) is 2.27.